The molecular weight excluding hydrogens is 326 g/mol. The van der Waals surface area contributed by atoms with Gasteiger partial charge in [-0.25, -0.2) is 9.97 Å². The Morgan fingerprint density at radius 3 is 2.96 bits per heavy atom. The van der Waals surface area contributed by atoms with Gasteiger partial charge in [0.1, 0.15) is 18.8 Å². The Bertz CT molecular complexity index is 863. The molecule has 1 saturated heterocycles. The van der Waals surface area contributed by atoms with E-state index in [9.17, 15) is 0 Å². The van der Waals surface area contributed by atoms with Gasteiger partial charge >= 0.3 is 0 Å². The van der Waals surface area contributed by atoms with Gasteiger partial charge in [0.2, 0.25) is 0 Å². The summed E-state index contributed by atoms with van der Waals surface area (Å²) >= 11 is 0. The van der Waals surface area contributed by atoms with E-state index in [4.69, 9.17) is 4.74 Å². The van der Waals surface area contributed by atoms with Crippen molar-refractivity contribution in [2.45, 2.75) is 25.9 Å². The van der Waals surface area contributed by atoms with E-state index in [1.807, 2.05) is 6.08 Å². The van der Waals surface area contributed by atoms with Crippen LogP contribution in [0.3, 0.4) is 0 Å². The number of allylic oxidation sites excluding steroid dienone is 1. The summed E-state index contributed by atoms with van der Waals surface area (Å²) in [6, 6.07) is 4.76. The third kappa shape index (κ3) is 2.75. The van der Waals surface area contributed by atoms with Crippen molar-refractivity contribution in [3.05, 3.63) is 43.4 Å². The Kier molecular flexibility index (Phi) is 4.18. The van der Waals surface area contributed by atoms with Crippen LogP contribution >= 0.6 is 0 Å². The van der Waals surface area contributed by atoms with Crippen LogP contribution in [-0.2, 0) is 0 Å². The van der Waals surface area contributed by atoms with E-state index in [1.54, 1.807) is 6.33 Å². The highest BCUT2D eigenvalue weighted by atomic mass is 16.5. The molecule has 1 N–H and O–H groups in total. The van der Waals surface area contributed by atoms with Crippen LogP contribution in [0.15, 0.2) is 43.4 Å². The van der Waals surface area contributed by atoms with Crippen LogP contribution in [-0.4, -0.2) is 53.2 Å². The number of aromatic nitrogens is 2. The van der Waals surface area contributed by atoms with Gasteiger partial charge in [-0.05, 0) is 32.1 Å². The van der Waals surface area contributed by atoms with E-state index in [1.165, 1.54) is 0 Å². The molecule has 6 nitrogen and oxygen atoms in total. The molecule has 0 radical (unpaired) electrons. The maximum absolute atomic E-state index is 6.25. The first-order chi connectivity index (χ1) is 12.6. The third-order valence-electron chi connectivity index (χ3n) is 5.01. The fourth-order valence-corrected chi connectivity index (χ4v) is 3.75. The average Bonchev–Trinajstić information content (AvgIpc) is 2.66. The molecule has 0 bridgehead atoms. The Hall–Kier alpha value is -2.76. The van der Waals surface area contributed by atoms with Crippen LogP contribution in [0.1, 0.15) is 13.8 Å². The number of ether oxygens (including phenoxy) is 1. The highest BCUT2D eigenvalue weighted by molar-refractivity contribution is 5.99. The lowest BCUT2D eigenvalue weighted by molar-refractivity contribution is 0.197. The number of anilines is 2. The molecule has 1 fully saturated rings. The minimum absolute atomic E-state index is 0.286. The minimum atomic E-state index is 0.286. The summed E-state index contributed by atoms with van der Waals surface area (Å²) in [7, 11) is 0. The molecule has 136 valence electrons. The standard InChI is InChI=1S/C20H25N5O/c1-5-14(4)24-8-9-25-15(10-24)11-26-19-17(25)7-6-16-18(19)20(22-12-21-16)23-13(2)3/h5-7,12-13,15H,1,4,8-11H2,2-3H3,(H,21,22,23). The zero-order valence-corrected chi connectivity index (χ0v) is 15.4. The first-order valence-electron chi connectivity index (χ1n) is 9.08. The molecule has 2 aromatic rings. The van der Waals surface area contributed by atoms with Gasteiger partial charge in [0.25, 0.3) is 0 Å². The Morgan fingerprint density at radius 2 is 2.19 bits per heavy atom. The summed E-state index contributed by atoms with van der Waals surface area (Å²) in [5, 5.41) is 4.39. The van der Waals surface area contributed by atoms with E-state index < -0.39 is 0 Å². The first-order valence-corrected chi connectivity index (χ1v) is 9.08. The molecule has 0 saturated carbocycles. The molecule has 3 heterocycles. The molecule has 1 aromatic heterocycles. The Balaban J connectivity index is 1.73. The highest BCUT2D eigenvalue weighted by Crippen LogP contribution is 2.42. The second-order valence-electron chi connectivity index (χ2n) is 7.13. The molecule has 2 aliphatic heterocycles. The zero-order chi connectivity index (χ0) is 18.3. The van der Waals surface area contributed by atoms with Crippen LogP contribution in [0, 0.1) is 0 Å². The van der Waals surface area contributed by atoms with Crippen LogP contribution in [0.5, 0.6) is 5.75 Å². The first kappa shape index (κ1) is 16.7. The molecule has 1 unspecified atom stereocenters. The lowest BCUT2D eigenvalue weighted by atomic mass is 10.1. The number of nitrogens with zero attached hydrogens (tertiary/aromatic N) is 4. The van der Waals surface area contributed by atoms with Crippen molar-refractivity contribution in [3.8, 4) is 5.75 Å². The minimum Gasteiger partial charge on any atom is -0.488 e. The number of benzene rings is 1. The lowest BCUT2D eigenvalue weighted by Crippen LogP contribution is -2.56. The van der Waals surface area contributed by atoms with Gasteiger partial charge in [-0.3, -0.25) is 0 Å². The molecule has 2 aliphatic rings. The molecule has 26 heavy (non-hydrogen) atoms. The summed E-state index contributed by atoms with van der Waals surface area (Å²) in [5.41, 5.74) is 3.00. The van der Waals surface area contributed by atoms with Gasteiger partial charge in [-0.15, -0.1) is 0 Å². The molecular formula is C20H25N5O. The highest BCUT2D eigenvalue weighted by Gasteiger charge is 2.34. The van der Waals surface area contributed by atoms with Crippen LogP contribution in [0.2, 0.25) is 0 Å². The number of piperazine rings is 1. The third-order valence-corrected chi connectivity index (χ3v) is 5.01. The smallest absolute Gasteiger partial charge is 0.155 e. The van der Waals surface area contributed by atoms with Gasteiger partial charge in [-0.2, -0.15) is 0 Å². The van der Waals surface area contributed by atoms with Gasteiger partial charge in [0.05, 0.1) is 22.6 Å². The van der Waals surface area contributed by atoms with E-state index in [2.05, 4.69) is 64.2 Å². The topological polar surface area (TPSA) is 53.5 Å². The number of rotatable bonds is 4. The largest absolute Gasteiger partial charge is 0.488 e. The fourth-order valence-electron chi connectivity index (χ4n) is 3.75. The summed E-state index contributed by atoms with van der Waals surface area (Å²) in [6.45, 7) is 15.5. The van der Waals surface area contributed by atoms with Gasteiger partial charge < -0.3 is 19.9 Å². The zero-order valence-electron chi connectivity index (χ0n) is 15.4. The van der Waals surface area contributed by atoms with Crippen molar-refractivity contribution in [2.75, 3.05) is 36.5 Å². The lowest BCUT2D eigenvalue weighted by Gasteiger charge is -2.46. The molecule has 4 rings (SSSR count). The van der Waals surface area contributed by atoms with Gasteiger partial charge in [0.15, 0.2) is 5.75 Å². The van der Waals surface area contributed by atoms with Crippen molar-refractivity contribution in [2.24, 2.45) is 0 Å². The van der Waals surface area contributed by atoms with E-state index in [-0.39, 0.29) is 6.04 Å². The summed E-state index contributed by atoms with van der Waals surface area (Å²) in [6.07, 6.45) is 3.42. The van der Waals surface area contributed by atoms with Crippen molar-refractivity contribution in [3.63, 3.8) is 0 Å². The summed E-state index contributed by atoms with van der Waals surface area (Å²) in [5.74, 6) is 1.72. The second kappa shape index (κ2) is 6.52. The summed E-state index contributed by atoms with van der Waals surface area (Å²) < 4.78 is 6.25. The van der Waals surface area contributed by atoms with Crippen molar-refractivity contribution in [1.82, 2.24) is 14.9 Å². The molecule has 6 heteroatoms. The summed E-state index contributed by atoms with van der Waals surface area (Å²) in [4.78, 5) is 13.6. The molecule has 0 aliphatic carbocycles. The van der Waals surface area contributed by atoms with E-state index >= 15 is 0 Å². The molecule has 1 atom stereocenters. The number of fused-ring (bicyclic) bond motifs is 5. The van der Waals surface area contributed by atoms with Gasteiger partial charge in [-0.1, -0.05) is 13.2 Å². The van der Waals surface area contributed by atoms with Crippen LogP contribution < -0.4 is 15.0 Å². The average molecular weight is 351 g/mol. The molecule has 0 amide bonds. The SMILES string of the molecule is C=CC(=C)N1CCN2c3ccc4ncnc(NC(C)C)c4c3OCC2C1. The predicted octanol–water partition coefficient (Wildman–Crippen LogP) is 3.03. The number of hydrogen-bond acceptors (Lipinski definition) is 6. The van der Waals surface area contributed by atoms with Gasteiger partial charge in [0, 0.05) is 31.4 Å². The number of nitrogens with one attached hydrogen (secondary N) is 1. The predicted molar refractivity (Wildman–Crippen MR) is 106 cm³/mol. The second-order valence-corrected chi connectivity index (χ2v) is 7.13. The Labute approximate surface area is 154 Å². The molecule has 0 spiro atoms. The van der Waals surface area contributed by atoms with E-state index in [0.717, 1.165) is 53.5 Å². The monoisotopic (exact) mass is 351 g/mol. The number of hydrogen-bond donors (Lipinski definition) is 1. The van der Waals surface area contributed by atoms with Crippen molar-refractivity contribution < 1.29 is 4.74 Å². The Morgan fingerprint density at radius 1 is 1.35 bits per heavy atom. The molecule has 1 aromatic carbocycles. The van der Waals surface area contributed by atoms with Crippen LogP contribution in [0.25, 0.3) is 10.9 Å². The van der Waals surface area contributed by atoms with Crippen molar-refractivity contribution >= 4 is 22.4 Å². The van der Waals surface area contributed by atoms with Crippen LogP contribution in [0.4, 0.5) is 11.5 Å². The van der Waals surface area contributed by atoms with Crippen molar-refractivity contribution in [1.29, 1.82) is 0 Å². The normalized spacial score (nSPS) is 19.0. The quantitative estimate of drug-likeness (QED) is 0.855. The maximum atomic E-state index is 6.25. The fraction of sp³-hybridized carbons (Fsp3) is 0.400. The van der Waals surface area contributed by atoms with E-state index in [0.29, 0.717) is 12.6 Å². The maximum Gasteiger partial charge on any atom is 0.155 e.